The van der Waals surface area contributed by atoms with Gasteiger partial charge in [0.25, 0.3) is 0 Å². The predicted octanol–water partition coefficient (Wildman–Crippen LogP) is 5.34. The highest BCUT2D eigenvalue weighted by Crippen LogP contribution is 2.66. The molecule has 0 aliphatic rings. The molecule has 0 aliphatic carbocycles. The van der Waals surface area contributed by atoms with Gasteiger partial charge in [0.05, 0.1) is 6.10 Å². The Hall–Kier alpha value is -1.41. The van der Waals surface area contributed by atoms with Crippen LogP contribution in [0.4, 0.5) is 83.4 Å². The first kappa shape index (κ1) is 31.6. The molecule has 0 aliphatic heterocycles. The van der Waals surface area contributed by atoms with E-state index < -0.39 is 72.6 Å². The quantitative estimate of drug-likeness (QED) is 0.386. The Kier molecular flexibility index (Phi) is 7.73. The average Bonchev–Trinajstić information content (AvgIpc) is 2.57. The van der Waals surface area contributed by atoms with Crippen molar-refractivity contribution < 1.29 is 88.5 Å². The lowest BCUT2D eigenvalue weighted by atomic mass is 9.83. The summed E-state index contributed by atoms with van der Waals surface area (Å²) in [7, 11) is 0. The summed E-state index contributed by atoms with van der Waals surface area (Å²) in [5, 5.41) is 8.66. The standard InChI is InChI=1S/C12H8F19NO/c13-4(14,1-3(33)2-32)6(16,17)8(20,21)10(24,25)9(22,23)7(18,19)5(15,11(26,27)28)12(29,30)31/h3,33H,1-2,32H2/t3-/m0/s1. The molecule has 0 fully saturated rings. The maximum Gasteiger partial charge on any atom is 0.438 e. The summed E-state index contributed by atoms with van der Waals surface area (Å²) in [4.78, 5) is 0. The molecule has 3 N–H and O–H groups in total. The van der Waals surface area contributed by atoms with Gasteiger partial charge in [-0.15, -0.1) is 0 Å². The van der Waals surface area contributed by atoms with Crippen molar-refractivity contribution in [3.8, 4) is 0 Å². The number of nitrogens with two attached hydrogens (primary N) is 1. The SMILES string of the molecule is NC[C@@H](O)CC(F)(F)C(F)(F)C(F)(F)C(F)(F)C(F)(F)C(F)(F)C(F)(C(F)(F)F)C(F)(F)F. The van der Waals surface area contributed by atoms with Crippen LogP contribution in [-0.2, 0) is 0 Å². The minimum absolute atomic E-state index is 1.50. The lowest BCUT2D eigenvalue weighted by molar-refractivity contribution is -0.472. The molecule has 0 aromatic carbocycles. The molecule has 0 radical (unpaired) electrons. The molecule has 0 unspecified atom stereocenters. The highest BCUT2D eigenvalue weighted by Gasteiger charge is 2.98. The monoisotopic (exact) mass is 543 g/mol. The van der Waals surface area contributed by atoms with Gasteiger partial charge in [0.1, 0.15) is 0 Å². The second-order valence-electron chi connectivity index (χ2n) is 6.32. The third-order valence-corrected chi connectivity index (χ3v) is 4.01. The molecule has 0 saturated heterocycles. The van der Waals surface area contributed by atoms with Crippen molar-refractivity contribution in [3.05, 3.63) is 0 Å². The first-order valence-electron chi connectivity index (χ1n) is 7.43. The van der Waals surface area contributed by atoms with Gasteiger partial charge in [0.2, 0.25) is 0 Å². The summed E-state index contributed by atoms with van der Waals surface area (Å²) in [6, 6.07) is 0. The Balaban J connectivity index is 7.00. The van der Waals surface area contributed by atoms with E-state index in [1.165, 1.54) is 0 Å². The van der Waals surface area contributed by atoms with Crippen LogP contribution in [0.3, 0.4) is 0 Å². The number of alkyl halides is 19. The van der Waals surface area contributed by atoms with Crippen LogP contribution >= 0.6 is 0 Å². The van der Waals surface area contributed by atoms with Crippen LogP contribution in [0.5, 0.6) is 0 Å². The van der Waals surface area contributed by atoms with Gasteiger partial charge in [0.15, 0.2) is 0 Å². The minimum Gasteiger partial charge on any atom is -0.392 e. The molecule has 0 saturated carbocycles. The summed E-state index contributed by atoms with van der Waals surface area (Å²) < 4.78 is 248. The van der Waals surface area contributed by atoms with E-state index in [1.54, 1.807) is 0 Å². The third-order valence-electron chi connectivity index (χ3n) is 4.01. The van der Waals surface area contributed by atoms with Gasteiger partial charge in [-0.1, -0.05) is 0 Å². The van der Waals surface area contributed by atoms with Gasteiger partial charge < -0.3 is 10.8 Å². The van der Waals surface area contributed by atoms with E-state index >= 15 is 0 Å². The fourth-order valence-electron chi connectivity index (χ4n) is 2.06. The van der Waals surface area contributed by atoms with E-state index in [2.05, 4.69) is 5.73 Å². The zero-order valence-electron chi connectivity index (χ0n) is 14.7. The molecular formula is C12H8F19NO. The molecule has 200 valence electrons. The molecule has 21 heteroatoms. The van der Waals surface area contributed by atoms with Crippen LogP contribution < -0.4 is 5.73 Å². The van der Waals surface area contributed by atoms with Crippen molar-refractivity contribution in [2.75, 3.05) is 6.54 Å². The number of hydrogen-bond acceptors (Lipinski definition) is 2. The van der Waals surface area contributed by atoms with Gasteiger partial charge >= 0.3 is 53.6 Å². The largest absolute Gasteiger partial charge is 0.438 e. The van der Waals surface area contributed by atoms with Crippen molar-refractivity contribution in [3.63, 3.8) is 0 Å². The van der Waals surface area contributed by atoms with Crippen LogP contribution in [0, 0.1) is 0 Å². The summed E-state index contributed by atoms with van der Waals surface area (Å²) in [6.45, 7) is -1.50. The normalized spacial score (nSPS) is 17.4. The van der Waals surface area contributed by atoms with Crippen LogP contribution in [-0.4, -0.2) is 71.3 Å². The Morgan fingerprint density at radius 1 is 0.485 bits per heavy atom. The van der Waals surface area contributed by atoms with E-state index in [9.17, 15) is 83.4 Å². The molecular weight excluding hydrogens is 535 g/mol. The summed E-state index contributed by atoms with van der Waals surface area (Å²) in [5.41, 5.74) is -4.33. The first-order chi connectivity index (χ1) is 14.0. The molecule has 1 atom stereocenters. The van der Waals surface area contributed by atoms with Crippen LogP contribution in [0.15, 0.2) is 0 Å². The van der Waals surface area contributed by atoms with Gasteiger partial charge in [-0.25, -0.2) is 4.39 Å². The Morgan fingerprint density at radius 2 is 0.758 bits per heavy atom. The molecule has 0 aromatic heterocycles. The second kappa shape index (κ2) is 8.08. The van der Waals surface area contributed by atoms with Gasteiger partial charge in [0, 0.05) is 13.0 Å². The van der Waals surface area contributed by atoms with E-state index in [1.807, 2.05) is 0 Å². The van der Waals surface area contributed by atoms with Gasteiger partial charge in [-0.05, 0) is 0 Å². The number of aliphatic hydroxyl groups is 1. The highest BCUT2D eigenvalue weighted by molar-refractivity contribution is 5.19. The topological polar surface area (TPSA) is 46.2 Å². The Labute approximate surface area is 168 Å². The zero-order chi connectivity index (χ0) is 27.5. The maximum atomic E-state index is 13.4. The lowest BCUT2D eigenvalue weighted by Crippen LogP contribution is -2.77. The average molecular weight is 543 g/mol. The smallest absolute Gasteiger partial charge is 0.392 e. The number of aliphatic hydroxyl groups excluding tert-OH is 1. The summed E-state index contributed by atoms with van der Waals surface area (Å²) in [6.07, 6.45) is -22.6. The Morgan fingerprint density at radius 3 is 1.03 bits per heavy atom. The zero-order valence-corrected chi connectivity index (χ0v) is 14.7. The fourth-order valence-corrected chi connectivity index (χ4v) is 2.06. The molecule has 0 aromatic rings. The van der Waals surface area contributed by atoms with Crippen LogP contribution in [0.25, 0.3) is 0 Å². The lowest BCUT2D eigenvalue weighted by Gasteiger charge is -2.45. The Bertz CT molecular complexity index is 678. The van der Waals surface area contributed by atoms with Crippen molar-refractivity contribution in [2.24, 2.45) is 5.73 Å². The number of hydrogen-bond donors (Lipinski definition) is 2. The van der Waals surface area contributed by atoms with E-state index in [4.69, 9.17) is 5.11 Å². The number of halogens is 19. The van der Waals surface area contributed by atoms with Crippen molar-refractivity contribution >= 4 is 0 Å². The maximum absolute atomic E-state index is 13.4. The van der Waals surface area contributed by atoms with Crippen molar-refractivity contribution in [2.45, 2.75) is 66.1 Å². The third kappa shape index (κ3) is 4.15. The summed E-state index contributed by atoms with van der Waals surface area (Å²) in [5.74, 6) is -50.3. The molecule has 33 heavy (non-hydrogen) atoms. The molecule has 2 nitrogen and oxygen atoms in total. The van der Waals surface area contributed by atoms with Crippen molar-refractivity contribution in [1.82, 2.24) is 0 Å². The second-order valence-corrected chi connectivity index (χ2v) is 6.32. The van der Waals surface area contributed by atoms with Crippen LogP contribution in [0.2, 0.25) is 0 Å². The fraction of sp³-hybridized carbons (Fsp3) is 1.00. The molecule has 0 spiro atoms. The minimum atomic E-state index is -9.05. The molecule has 0 bridgehead atoms. The molecule has 0 amide bonds. The van der Waals surface area contributed by atoms with E-state index in [0.29, 0.717) is 0 Å². The van der Waals surface area contributed by atoms with Crippen molar-refractivity contribution in [1.29, 1.82) is 0 Å². The van der Waals surface area contributed by atoms with Crippen LogP contribution in [0.1, 0.15) is 6.42 Å². The highest BCUT2D eigenvalue weighted by atomic mass is 19.4. The molecule has 0 heterocycles. The first-order valence-corrected chi connectivity index (χ1v) is 7.43. The molecule has 0 rings (SSSR count). The van der Waals surface area contributed by atoms with Gasteiger partial charge in [-0.3, -0.25) is 0 Å². The predicted molar refractivity (Wildman–Crippen MR) is 65.3 cm³/mol. The number of rotatable bonds is 9. The van der Waals surface area contributed by atoms with E-state index in [-0.39, 0.29) is 0 Å². The van der Waals surface area contributed by atoms with Gasteiger partial charge in [-0.2, -0.15) is 79.0 Å². The summed E-state index contributed by atoms with van der Waals surface area (Å²) >= 11 is 0. The van der Waals surface area contributed by atoms with E-state index in [0.717, 1.165) is 0 Å².